The number of carbonyl (C=O) groups excluding carboxylic acids is 3. The van der Waals surface area contributed by atoms with E-state index in [0.717, 1.165) is 56.9 Å². The molecule has 0 aromatic carbocycles. The van der Waals surface area contributed by atoms with Crippen molar-refractivity contribution in [2.45, 2.75) is 148 Å². The first-order valence-corrected chi connectivity index (χ1v) is 22.3. The molecule has 11 aliphatic carbocycles. The van der Waals surface area contributed by atoms with E-state index in [1.165, 1.54) is 19.3 Å². The fraction of sp³-hybridized carbons (Fsp3) is 0.771. The summed E-state index contributed by atoms with van der Waals surface area (Å²) in [7, 11) is 0. The monoisotopic (exact) mass is 765 g/mol. The summed E-state index contributed by atoms with van der Waals surface area (Å²) in [5.41, 5.74) is -4.78. The minimum atomic E-state index is -1.24. The molecule has 302 valence electrons. The predicted octanol–water partition coefficient (Wildman–Crippen LogP) is 8.22. The van der Waals surface area contributed by atoms with Gasteiger partial charge in [-0.05, 0) is 156 Å². The second-order valence-electron chi connectivity index (χ2n) is 22.9. The molecule has 56 heavy (non-hydrogen) atoms. The molecular weight excluding hydrogens is 703 g/mol. The van der Waals surface area contributed by atoms with E-state index in [1.54, 1.807) is 18.4 Å². The zero-order valence-electron chi connectivity index (χ0n) is 34.3. The summed E-state index contributed by atoms with van der Waals surface area (Å²) < 4.78 is 12.1. The van der Waals surface area contributed by atoms with E-state index in [-0.39, 0.29) is 46.9 Å². The van der Waals surface area contributed by atoms with Gasteiger partial charge in [0.05, 0.1) is 29.9 Å². The Hall–Kier alpha value is -2.71. The van der Waals surface area contributed by atoms with Crippen LogP contribution in [0.1, 0.15) is 141 Å². The van der Waals surface area contributed by atoms with Gasteiger partial charge in [0.1, 0.15) is 0 Å². The number of Topliss-reactive ketones (excluding diaryl/α,β-unsaturated/α-hetero) is 1. The lowest BCUT2D eigenvalue weighted by atomic mass is 9.32. The van der Waals surface area contributed by atoms with E-state index in [9.17, 15) is 19.8 Å². The van der Waals surface area contributed by atoms with Gasteiger partial charge in [0.2, 0.25) is 5.78 Å². The Morgan fingerprint density at radius 2 is 1.48 bits per heavy atom. The standard InChI is InChI=1S/C48H63NO7/c1-40(2)43(5)14-17-48(40,56-39(43)53)38(52)49(27-44-22-29-19-30(23-44)21-31(20-29)24-44)28-46(54)13-10-36-42(46,4)12-9-35-41(3)11-8-32(50)25-45(41)15-16-47(35,36)33(26-45)37(51)34-7-6-18-55-34/h6-7,15-16,18,26,29-32,35-36,50,54H,8-14,17,19-25,27-28H2,1-5H3. The van der Waals surface area contributed by atoms with Crippen molar-refractivity contribution in [2.75, 3.05) is 13.1 Å². The molecule has 9 fully saturated rings. The summed E-state index contributed by atoms with van der Waals surface area (Å²) in [6.45, 7) is 11.6. The van der Waals surface area contributed by atoms with Crippen molar-refractivity contribution >= 4 is 17.7 Å². The number of rotatable bonds is 7. The maximum absolute atomic E-state index is 15.6. The molecule has 8 heteroatoms. The third kappa shape index (κ3) is 4.08. The molecule has 1 saturated heterocycles. The van der Waals surface area contributed by atoms with E-state index in [0.29, 0.717) is 55.7 Å². The van der Waals surface area contributed by atoms with E-state index in [1.807, 2.05) is 11.8 Å². The molecule has 1 aromatic rings. The minimum Gasteiger partial charge on any atom is -0.461 e. The van der Waals surface area contributed by atoms with Crippen LogP contribution < -0.4 is 0 Å². The first kappa shape index (κ1) is 36.4. The Labute approximate surface area is 332 Å². The molecule has 12 aliphatic rings. The number of amides is 1. The maximum atomic E-state index is 15.6. The summed E-state index contributed by atoms with van der Waals surface area (Å²) in [6.07, 6.45) is 21.8. The zero-order chi connectivity index (χ0) is 39.1. The average Bonchev–Trinajstić information content (AvgIpc) is 3.85. The van der Waals surface area contributed by atoms with E-state index >= 15 is 4.79 Å². The number of allylic oxidation sites excluding steroid dienone is 4. The number of fused-ring (bicyclic) bond motifs is 3. The van der Waals surface area contributed by atoms with Gasteiger partial charge in [0.25, 0.3) is 5.91 Å². The SMILES string of the molecule is CC12CCC(C(=O)N(CC34CC5CC(CC(C5)C3)C4)CC3(O)CCC4C56C=CC7(C=C5C(=O)c5ccco5)CC(O)CCC7(C)C6CCC43C)(OC1=O)C2(C)C. The lowest BCUT2D eigenvalue weighted by Gasteiger charge is -2.71. The van der Waals surface area contributed by atoms with Crippen LogP contribution in [-0.4, -0.2) is 63.2 Å². The number of carbonyl (C=O) groups is 3. The Bertz CT molecular complexity index is 1940. The number of ketones is 1. The Balaban J connectivity index is 1.000. The van der Waals surface area contributed by atoms with Crippen LogP contribution in [0, 0.1) is 67.5 Å². The molecule has 13 rings (SSSR count). The number of hydrogen-bond acceptors (Lipinski definition) is 7. The molecule has 8 nitrogen and oxygen atoms in total. The topological polar surface area (TPSA) is 117 Å². The van der Waals surface area contributed by atoms with Crippen molar-refractivity contribution in [3.63, 3.8) is 0 Å². The molecular formula is C48H63NO7. The second-order valence-corrected chi connectivity index (χ2v) is 22.9. The van der Waals surface area contributed by atoms with Crippen LogP contribution >= 0.6 is 0 Å². The van der Waals surface area contributed by atoms with Crippen LogP contribution in [0.5, 0.6) is 0 Å². The number of aliphatic hydroxyl groups is 2. The van der Waals surface area contributed by atoms with Gasteiger partial charge in [0, 0.05) is 33.8 Å². The molecule has 1 amide bonds. The Morgan fingerprint density at radius 1 is 0.821 bits per heavy atom. The number of aliphatic hydroxyl groups excluding tert-OH is 1. The largest absolute Gasteiger partial charge is 0.461 e. The smallest absolute Gasteiger partial charge is 0.313 e. The molecule has 2 N–H and O–H groups in total. The molecule has 1 aromatic heterocycles. The first-order chi connectivity index (χ1) is 26.4. The van der Waals surface area contributed by atoms with Crippen molar-refractivity contribution in [3.05, 3.63) is 48.0 Å². The minimum absolute atomic E-state index is 0.0334. The van der Waals surface area contributed by atoms with Gasteiger partial charge in [-0.3, -0.25) is 14.4 Å². The van der Waals surface area contributed by atoms with Crippen LogP contribution in [0.3, 0.4) is 0 Å². The van der Waals surface area contributed by atoms with Crippen LogP contribution in [0.15, 0.2) is 46.6 Å². The molecule has 1 aliphatic heterocycles. The Morgan fingerprint density at radius 3 is 2.11 bits per heavy atom. The van der Waals surface area contributed by atoms with Gasteiger partial charge in [0.15, 0.2) is 11.4 Å². The molecule has 10 atom stereocenters. The lowest BCUT2D eigenvalue weighted by Crippen LogP contribution is -2.68. The third-order valence-electron chi connectivity index (χ3n) is 20.6. The van der Waals surface area contributed by atoms with E-state index < -0.39 is 44.4 Å². The molecule has 8 saturated carbocycles. The highest BCUT2D eigenvalue weighted by Crippen LogP contribution is 2.79. The summed E-state index contributed by atoms with van der Waals surface area (Å²) in [6, 6.07) is 3.54. The van der Waals surface area contributed by atoms with Crippen LogP contribution in [-0.2, 0) is 14.3 Å². The summed E-state index contributed by atoms with van der Waals surface area (Å²) in [5.74, 6) is 2.18. The fourth-order valence-electron chi connectivity index (χ4n) is 17.5. The molecule has 8 bridgehead atoms. The van der Waals surface area contributed by atoms with Crippen molar-refractivity contribution in [1.29, 1.82) is 0 Å². The molecule has 2 spiro atoms. The summed E-state index contributed by atoms with van der Waals surface area (Å²) in [4.78, 5) is 46.0. The van der Waals surface area contributed by atoms with Gasteiger partial charge in [-0.2, -0.15) is 0 Å². The van der Waals surface area contributed by atoms with Crippen molar-refractivity contribution in [3.8, 4) is 0 Å². The summed E-state index contributed by atoms with van der Waals surface area (Å²) >= 11 is 0. The third-order valence-corrected chi connectivity index (χ3v) is 20.6. The maximum Gasteiger partial charge on any atom is 0.313 e. The number of ether oxygens (including phenoxy) is 1. The van der Waals surface area contributed by atoms with Crippen molar-refractivity contribution in [1.82, 2.24) is 4.90 Å². The van der Waals surface area contributed by atoms with Gasteiger partial charge in [-0.1, -0.05) is 45.9 Å². The van der Waals surface area contributed by atoms with E-state index in [2.05, 4.69) is 45.9 Å². The van der Waals surface area contributed by atoms with Gasteiger partial charge < -0.3 is 24.3 Å². The zero-order valence-corrected chi connectivity index (χ0v) is 34.3. The van der Waals surface area contributed by atoms with Crippen LogP contribution in [0.2, 0.25) is 0 Å². The molecule has 10 unspecified atom stereocenters. The van der Waals surface area contributed by atoms with Gasteiger partial charge in [-0.25, -0.2) is 0 Å². The van der Waals surface area contributed by atoms with Crippen molar-refractivity contribution in [2.24, 2.45) is 67.5 Å². The van der Waals surface area contributed by atoms with Crippen LogP contribution in [0.4, 0.5) is 0 Å². The number of hydrogen-bond donors (Lipinski definition) is 2. The predicted molar refractivity (Wildman–Crippen MR) is 209 cm³/mol. The number of esters is 1. The first-order valence-electron chi connectivity index (χ1n) is 22.3. The van der Waals surface area contributed by atoms with Gasteiger partial charge in [-0.15, -0.1) is 0 Å². The number of nitrogens with zero attached hydrogens (tertiary/aromatic N) is 1. The highest BCUT2D eigenvalue weighted by Gasteiger charge is 2.78. The Kier molecular flexibility index (Phi) is 7.09. The van der Waals surface area contributed by atoms with Crippen LogP contribution in [0.25, 0.3) is 0 Å². The fourth-order valence-corrected chi connectivity index (χ4v) is 17.5. The average molecular weight is 766 g/mol. The summed E-state index contributed by atoms with van der Waals surface area (Å²) in [5, 5.41) is 24.7. The van der Waals surface area contributed by atoms with E-state index in [4.69, 9.17) is 9.15 Å². The lowest BCUT2D eigenvalue weighted by molar-refractivity contribution is -0.191. The number of furan rings is 1. The highest BCUT2D eigenvalue weighted by atomic mass is 16.6. The second kappa shape index (κ2) is 10.9. The van der Waals surface area contributed by atoms with Gasteiger partial charge >= 0.3 is 5.97 Å². The quantitative estimate of drug-likeness (QED) is 0.163. The molecule has 0 radical (unpaired) electrons. The molecule has 2 heterocycles. The normalized spacial score (nSPS) is 52.3. The van der Waals surface area contributed by atoms with Crippen molar-refractivity contribution < 1.29 is 33.8 Å². The highest BCUT2D eigenvalue weighted by molar-refractivity contribution is 6.09.